The van der Waals surface area contributed by atoms with Gasteiger partial charge in [0.05, 0.1) is 0 Å². The summed E-state index contributed by atoms with van der Waals surface area (Å²) >= 11 is 0. The monoisotopic (exact) mass is 221 g/mol. The van der Waals surface area contributed by atoms with E-state index in [1.165, 1.54) is 0 Å². The van der Waals surface area contributed by atoms with Gasteiger partial charge in [0, 0.05) is 30.8 Å². The third-order valence-electron chi connectivity index (χ3n) is 2.12. The van der Waals surface area contributed by atoms with E-state index in [1.54, 1.807) is 13.8 Å². The van der Waals surface area contributed by atoms with E-state index < -0.39 is 12.5 Å². The highest BCUT2D eigenvalue weighted by atomic mass is 19.3. The lowest BCUT2D eigenvalue weighted by molar-refractivity contribution is -0.122. The molecular formula is C11H21F2NO. The molecule has 0 heterocycles. The van der Waals surface area contributed by atoms with Gasteiger partial charge in [0.2, 0.25) is 6.43 Å². The maximum atomic E-state index is 12.2. The van der Waals surface area contributed by atoms with Crippen molar-refractivity contribution in [2.75, 3.05) is 0 Å². The Bertz CT molecular complexity index is 183. The molecule has 1 atom stereocenters. The highest BCUT2D eigenvalue weighted by molar-refractivity contribution is 5.80. The molecule has 0 aromatic rings. The van der Waals surface area contributed by atoms with Gasteiger partial charge < -0.3 is 5.32 Å². The predicted molar refractivity (Wildman–Crippen MR) is 57.1 cm³/mol. The van der Waals surface area contributed by atoms with Gasteiger partial charge in [-0.15, -0.1) is 0 Å². The summed E-state index contributed by atoms with van der Waals surface area (Å²) in [6.07, 6.45) is -2.42. The second kappa shape index (κ2) is 6.88. The van der Waals surface area contributed by atoms with Crippen molar-refractivity contribution >= 4 is 5.78 Å². The summed E-state index contributed by atoms with van der Waals surface area (Å²) in [6.45, 7) is 7.35. The van der Waals surface area contributed by atoms with Crippen LogP contribution in [0.5, 0.6) is 0 Å². The molecule has 0 radical (unpaired) electrons. The Morgan fingerprint density at radius 2 is 1.73 bits per heavy atom. The third-order valence-corrected chi connectivity index (χ3v) is 2.12. The number of carbonyl (C=O) groups is 1. The van der Waals surface area contributed by atoms with Crippen molar-refractivity contribution in [3.05, 3.63) is 0 Å². The Morgan fingerprint density at radius 1 is 1.20 bits per heavy atom. The van der Waals surface area contributed by atoms with Gasteiger partial charge >= 0.3 is 0 Å². The molecule has 15 heavy (non-hydrogen) atoms. The minimum absolute atomic E-state index is 0.0359. The molecule has 0 aliphatic rings. The minimum Gasteiger partial charge on any atom is -0.311 e. The topological polar surface area (TPSA) is 29.1 Å². The first-order valence-corrected chi connectivity index (χ1v) is 5.39. The summed E-state index contributed by atoms with van der Waals surface area (Å²) in [5.41, 5.74) is 0. The van der Waals surface area contributed by atoms with Gasteiger partial charge in [0.15, 0.2) is 0 Å². The second-order valence-corrected chi connectivity index (χ2v) is 4.47. The van der Waals surface area contributed by atoms with Crippen molar-refractivity contribution in [1.82, 2.24) is 5.32 Å². The smallest absolute Gasteiger partial charge is 0.240 e. The molecule has 4 heteroatoms. The van der Waals surface area contributed by atoms with Crippen LogP contribution >= 0.6 is 0 Å². The summed E-state index contributed by atoms with van der Waals surface area (Å²) < 4.78 is 24.5. The number of alkyl halides is 2. The molecule has 0 aromatic heterocycles. The maximum absolute atomic E-state index is 12.2. The van der Waals surface area contributed by atoms with Gasteiger partial charge in [-0.1, -0.05) is 27.7 Å². The standard InChI is InChI=1S/C11H21F2NO/c1-7(2)10(15)5-9(6-11(12)13)14-8(3)4/h7-9,11,14H,5-6H2,1-4H3. The number of Topliss-reactive ketones (excluding diaryl/α,β-unsaturated/α-hetero) is 1. The first-order valence-electron chi connectivity index (χ1n) is 5.39. The van der Waals surface area contributed by atoms with Crippen molar-refractivity contribution in [3.8, 4) is 0 Å². The Labute approximate surface area is 90.4 Å². The molecule has 0 aliphatic heterocycles. The predicted octanol–water partition coefficient (Wildman–Crippen LogP) is 2.62. The molecule has 0 amide bonds. The summed E-state index contributed by atoms with van der Waals surface area (Å²) in [6, 6.07) is -0.284. The van der Waals surface area contributed by atoms with Gasteiger partial charge in [-0.2, -0.15) is 0 Å². The molecule has 90 valence electrons. The van der Waals surface area contributed by atoms with Gasteiger partial charge in [0.1, 0.15) is 5.78 Å². The van der Waals surface area contributed by atoms with Crippen LogP contribution in [-0.4, -0.2) is 24.3 Å². The van der Waals surface area contributed by atoms with Crippen molar-refractivity contribution in [1.29, 1.82) is 0 Å². The summed E-state index contributed by atoms with van der Waals surface area (Å²) in [7, 11) is 0. The lowest BCUT2D eigenvalue weighted by Crippen LogP contribution is -2.38. The van der Waals surface area contributed by atoms with E-state index in [-0.39, 0.29) is 30.6 Å². The van der Waals surface area contributed by atoms with Crippen LogP contribution < -0.4 is 5.32 Å². The lowest BCUT2D eigenvalue weighted by Gasteiger charge is -2.21. The van der Waals surface area contributed by atoms with Gasteiger partial charge in [-0.25, -0.2) is 8.78 Å². The number of ketones is 1. The molecule has 0 fully saturated rings. The number of hydrogen-bond acceptors (Lipinski definition) is 2. The Hall–Kier alpha value is -0.510. The fourth-order valence-corrected chi connectivity index (χ4v) is 1.38. The van der Waals surface area contributed by atoms with Crippen LogP contribution in [0.15, 0.2) is 0 Å². The fourth-order valence-electron chi connectivity index (χ4n) is 1.38. The van der Waals surface area contributed by atoms with E-state index in [0.29, 0.717) is 0 Å². The highest BCUT2D eigenvalue weighted by Gasteiger charge is 2.20. The van der Waals surface area contributed by atoms with Crippen LogP contribution in [0.2, 0.25) is 0 Å². The quantitative estimate of drug-likeness (QED) is 0.716. The summed E-state index contributed by atoms with van der Waals surface area (Å²) in [5, 5.41) is 3.00. The molecule has 0 saturated heterocycles. The zero-order valence-electron chi connectivity index (χ0n) is 9.89. The molecule has 0 spiro atoms. The molecular weight excluding hydrogens is 200 g/mol. The number of nitrogens with one attached hydrogen (secondary N) is 1. The van der Waals surface area contributed by atoms with Crippen LogP contribution in [0.4, 0.5) is 8.78 Å². The summed E-state index contributed by atoms with van der Waals surface area (Å²) in [5.74, 6) is -0.0482. The minimum atomic E-state index is -2.36. The van der Waals surface area contributed by atoms with E-state index in [9.17, 15) is 13.6 Å². The van der Waals surface area contributed by atoms with Crippen LogP contribution in [0.3, 0.4) is 0 Å². The highest BCUT2D eigenvalue weighted by Crippen LogP contribution is 2.11. The van der Waals surface area contributed by atoms with Gasteiger partial charge in [-0.3, -0.25) is 4.79 Å². The van der Waals surface area contributed by atoms with Crippen molar-refractivity contribution in [3.63, 3.8) is 0 Å². The van der Waals surface area contributed by atoms with Crippen molar-refractivity contribution in [2.24, 2.45) is 5.92 Å². The zero-order valence-corrected chi connectivity index (χ0v) is 9.89. The Balaban J connectivity index is 4.17. The Morgan fingerprint density at radius 3 is 2.07 bits per heavy atom. The SMILES string of the molecule is CC(C)NC(CC(=O)C(C)C)CC(F)F. The average Bonchev–Trinajstić information content (AvgIpc) is 2.00. The molecule has 0 rings (SSSR count). The number of halogens is 2. The van der Waals surface area contributed by atoms with E-state index in [1.807, 2.05) is 13.8 Å². The van der Waals surface area contributed by atoms with Crippen LogP contribution in [0.1, 0.15) is 40.5 Å². The van der Waals surface area contributed by atoms with Gasteiger partial charge in [-0.05, 0) is 0 Å². The molecule has 1 unspecified atom stereocenters. The van der Waals surface area contributed by atoms with E-state index in [4.69, 9.17) is 0 Å². The molecule has 0 bridgehead atoms. The number of carbonyl (C=O) groups excluding carboxylic acids is 1. The normalized spacial score (nSPS) is 13.9. The molecule has 0 saturated carbocycles. The first-order chi connectivity index (χ1) is 6.82. The largest absolute Gasteiger partial charge is 0.311 e. The zero-order chi connectivity index (χ0) is 12.0. The maximum Gasteiger partial charge on any atom is 0.240 e. The van der Waals surface area contributed by atoms with E-state index >= 15 is 0 Å². The first kappa shape index (κ1) is 14.5. The van der Waals surface area contributed by atoms with Crippen LogP contribution in [0.25, 0.3) is 0 Å². The second-order valence-electron chi connectivity index (χ2n) is 4.47. The van der Waals surface area contributed by atoms with Crippen LogP contribution in [0, 0.1) is 5.92 Å². The summed E-state index contributed by atoms with van der Waals surface area (Å²) in [4.78, 5) is 11.4. The van der Waals surface area contributed by atoms with Crippen molar-refractivity contribution in [2.45, 2.75) is 59.0 Å². The van der Waals surface area contributed by atoms with Crippen LogP contribution in [-0.2, 0) is 4.79 Å². The van der Waals surface area contributed by atoms with E-state index in [2.05, 4.69) is 5.32 Å². The third kappa shape index (κ3) is 7.42. The molecule has 0 aromatic carbocycles. The van der Waals surface area contributed by atoms with Gasteiger partial charge in [0.25, 0.3) is 0 Å². The van der Waals surface area contributed by atoms with Crippen molar-refractivity contribution < 1.29 is 13.6 Å². The lowest BCUT2D eigenvalue weighted by atomic mass is 9.99. The fraction of sp³-hybridized carbons (Fsp3) is 0.909. The molecule has 2 nitrogen and oxygen atoms in total. The number of rotatable bonds is 7. The van der Waals surface area contributed by atoms with E-state index in [0.717, 1.165) is 0 Å². The molecule has 1 N–H and O–H groups in total. The average molecular weight is 221 g/mol. The number of hydrogen-bond donors (Lipinski definition) is 1. The molecule has 0 aliphatic carbocycles. The Kier molecular flexibility index (Phi) is 6.65.